The number of carbonyl (C=O) groups is 2. The lowest BCUT2D eigenvalue weighted by atomic mass is 9.75. The Bertz CT molecular complexity index is 962. The second-order valence-corrected chi connectivity index (χ2v) is 9.49. The number of aromatic nitrogens is 2. The number of carbonyl (C=O) groups excluding carboxylic acids is 2. The Morgan fingerprint density at radius 2 is 1.81 bits per heavy atom. The molecule has 1 aromatic heterocycles. The second kappa shape index (κ2) is 13.8. The fraction of sp³-hybridized carbons (Fsp3) is 0.615. The number of benzene rings is 1. The first kappa shape index (κ1) is 27.4. The molecule has 198 valence electrons. The molecule has 1 aromatic carbocycles. The van der Waals surface area contributed by atoms with Crippen molar-refractivity contribution < 1.29 is 38.1 Å². The van der Waals surface area contributed by atoms with Crippen LogP contribution in [-0.2, 0) is 23.8 Å². The van der Waals surface area contributed by atoms with Crippen LogP contribution in [0.5, 0.6) is 5.88 Å². The second-order valence-electron chi connectivity index (χ2n) is 9.49. The van der Waals surface area contributed by atoms with Gasteiger partial charge in [0.05, 0.1) is 31.2 Å². The lowest BCUT2D eigenvalue weighted by Crippen LogP contribution is -2.35. The minimum Gasteiger partial charge on any atom is -0.463 e. The summed E-state index contributed by atoms with van der Waals surface area (Å²) in [5.41, 5.74) is 0.800. The molecule has 10 heteroatoms. The van der Waals surface area contributed by atoms with Crippen LogP contribution in [0.4, 0.5) is 0 Å². The van der Waals surface area contributed by atoms with Crippen molar-refractivity contribution in [3.05, 3.63) is 35.5 Å². The highest BCUT2D eigenvalue weighted by Gasteiger charge is 2.33. The van der Waals surface area contributed by atoms with Crippen molar-refractivity contribution in [1.29, 1.82) is 0 Å². The Morgan fingerprint density at radius 1 is 1.08 bits per heavy atom. The van der Waals surface area contributed by atoms with E-state index >= 15 is 0 Å². The van der Waals surface area contributed by atoms with E-state index in [-0.39, 0.29) is 62.9 Å². The van der Waals surface area contributed by atoms with Crippen molar-refractivity contribution in [1.82, 2.24) is 5.16 Å². The van der Waals surface area contributed by atoms with Gasteiger partial charge in [-0.05, 0) is 35.5 Å². The molecule has 0 radical (unpaired) electrons. The van der Waals surface area contributed by atoms with Crippen LogP contribution in [0, 0.1) is 23.0 Å². The molecule has 1 heterocycles. The van der Waals surface area contributed by atoms with Crippen LogP contribution in [-0.4, -0.2) is 49.6 Å². The third-order valence-electron chi connectivity index (χ3n) is 6.36. The van der Waals surface area contributed by atoms with Gasteiger partial charge < -0.3 is 24.2 Å². The van der Waals surface area contributed by atoms with Gasteiger partial charge in [0, 0.05) is 5.56 Å². The van der Waals surface area contributed by atoms with Crippen molar-refractivity contribution >= 4 is 11.9 Å². The normalized spacial score (nSPS) is 19.7. The molecule has 1 aliphatic carbocycles. The predicted molar refractivity (Wildman–Crippen MR) is 129 cm³/mol. The van der Waals surface area contributed by atoms with E-state index in [1.807, 2.05) is 6.07 Å². The Morgan fingerprint density at radius 3 is 2.56 bits per heavy atom. The Kier molecular flexibility index (Phi) is 10.5. The third-order valence-corrected chi connectivity index (χ3v) is 6.36. The van der Waals surface area contributed by atoms with Crippen LogP contribution in [0.2, 0.25) is 0 Å². The SMILES string of the molecule is CC(C)[C@@H]1CC[C@@H](C)C[C@H]1OC(=O)CCC(=O)OCCOCCOc1no[n+]([O-])c1-c1ccccc1. The molecule has 0 spiro atoms. The molecule has 36 heavy (non-hydrogen) atoms. The van der Waals surface area contributed by atoms with Gasteiger partial charge >= 0.3 is 17.8 Å². The van der Waals surface area contributed by atoms with Gasteiger partial charge in [-0.25, -0.2) is 0 Å². The summed E-state index contributed by atoms with van der Waals surface area (Å²) in [6.07, 6.45) is 3.00. The summed E-state index contributed by atoms with van der Waals surface area (Å²) in [5.74, 6) is 0.606. The van der Waals surface area contributed by atoms with Gasteiger partial charge in [-0.1, -0.05) is 57.5 Å². The highest BCUT2D eigenvalue weighted by molar-refractivity contribution is 5.77. The number of rotatable bonds is 13. The molecule has 1 aliphatic rings. The van der Waals surface area contributed by atoms with E-state index in [0.29, 0.717) is 28.2 Å². The third kappa shape index (κ3) is 8.22. The maximum atomic E-state index is 12.3. The van der Waals surface area contributed by atoms with E-state index < -0.39 is 5.97 Å². The average molecular weight is 505 g/mol. The molecule has 0 amide bonds. The molecule has 0 N–H and O–H groups in total. The summed E-state index contributed by atoms with van der Waals surface area (Å²) < 4.78 is 26.3. The average Bonchev–Trinajstić information content (AvgIpc) is 3.22. The predicted octanol–water partition coefficient (Wildman–Crippen LogP) is 3.70. The molecule has 0 saturated heterocycles. The Balaban J connectivity index is 1.27. The van der Waals surface area contributed by atoms with E-state index in [1.54, 1.807) is 24.3 Å². The topological polar surface area (TPSA) is 124 Å². The van der Waals surface area contributed by atoms with Gasteiger partial charge in [-0.15, -0.1) is 0 Å². The molecule has 10 nitrogen and oxygen atoms in total. The zero-order valence-electron chi connectivity index (χ0n) is 21.2. The standard InChI is InChI=1S/C26H36N2O8/c1-18(2)21-10-9-19(3)17-22(21)35-24(30)12-11-23(29)33-15-13-32-14-16-34-26-25(28(31)36-27-26)20-7-5-4-6-8-20/h4-8,18-19,21-22H,9-17H2,1-3H3/t19-,21+,22-/m1/s1. The smallest absolute Gasteiger partial charge is 0.403 e. The maximum Gasteiger partial charge on any atom is 0.403 e. The van der Waals surface area contributed by atoms with Crippen LogP contribution in [0.25, 0.3) is 11.3 Å². The summed E-state index contributed by atoms with van der Waals surface area (Å²) >= 11 is 0. The zero-order valence-corrected chi connectivity index (χ0v) is 21.2. The first-order valence-electron chi connectivity index (χ1n) is 12.6. The highest BCUT2D eigenvalue weighted by atomic mass is 16.8. The van der Waals surface area contributed by atoms with Crippen molar-refractivity contribution in [3.63, 3.8) is 0 Å². The van der Waals surface area contributed by atoms with Gasteiger partial charge in [0.2, 0.25) is 0 Å². The lowest BCUT2D eigenvalue weighted by molar-refractivity contribution is -0.793. The monoisotopic (exact) mass is 504 g/mol. The van der Waals surface area contributed by atoms with Gasteiger partial charge in [0.25, 0.3) is 5.69 Å². The van der Waals surface area contributed by atoms with Crippen molar-refractivity contribution in [2.45, 2.75) is 59.0 Å². The fourth-order valence-corrected chi connectivity index (χ4v) is 4.42. The zero-order chi connectivity index (χ0) is 25.9. The van der Waals surface area contributed by atoms with Crippen molar-refractivity contribution in [3.8, 4) is 17.1 Å². The van der Waals surface area contributed by atoms with Crippen molar-refractivity contribution in [2.75, 3.05) is 26.4 Å². The van der Waals surface area contributed by atoms with Gasteiger partial charge in [-0.2, -0.15) is 0 Å². The first-order chi connectivity index (χ1) is 17.3. The summed E-state index contributed by atoms with van der Waals surface area (Å²) in [6.45, 7) is 7.05. The van der Waals surface area contributed by atoms with Gasteiger partial charge in [-0.3, -0.25) is 14.2 Å². The molecule has 2 aromatic rings. The molecule has 1 saturated carbocycles. The molecular formula is C26H36N2O8. The summed E-state index contributed by atoms with van der Waals surface area (Å²) in [4.78, 5) is 24.5. The lowest BCUT2D eigenvalue weighted by Gasteiger charge is -2.36. The van der Waals surface area contributed by atoms with E-state index in [4.69, 9.17) is 18.9 Å². The van der Waals surface area contributed by atoms with Crippen LogP contribution in [0.3, 0.4) is 0 Å². The Hall–Kier alpha value is -3.14. The molecule has 1 fully saturated rings. The fourth-order valence-electron chi connectivity index (χ4n) is 4.42. The molecule has 0 bridgehead atoms. The first-order valence-corrected chi connectivity index (χ1v) is 12.6. The van der Waals surface area contributed by atoms with Gasteiger partial charge in [0.1, 0.15) is 19.3 Å². The van der Waals surface area contributed by atoms with Crippen molar-refractivity contribution in [2.24, 2.45) is 17.8 Å². The summed E-state index contributed by atoms with van der Waals surface area (Å²) in [5, 5.41) is 15.5. The van der Waals surface area contributed by atoms with E-state index in [9.17, 15) is 14.8 Å². The molecule has 3 atom stereocenters. The molecular weight excluding hydrogens is 468 g/mol. The number of esters is 2. The summed E-state index contributed by atoms with van der Waals surface area (Å²) in [6, 6.07) is 8.91. The molecule has 0 unspecified atom stereocenters. The van der Waals surface area contributed by atoms with E-state index in [2.05, 4.69) is 30.6 Å². The van der Waals surface area contributed by atoms with Crippen LogP contribution >= 0.6 is 0 Å². The minimum atomic E-state index is -0.473. The number of nitrogens with zero attached hydrogens (tertiary/aromatic N) is 2. The van der Waals surface area contributed by atoms with E-state index in [1.165, 1.54) is 0 Å². The number of ether oxygens (including phenoxy) is 4. The highest BCUT2D eigenvalue weighted by Crippen LogP contribution is 2.35. The van der Waals surface area contributed by atoms with E-state index in [0.717, 1.165) is 19.3 Å². The van der Waals surface area contributed by atoms with Crippen LogP contribution < -0.4 is 9.64 Å². The van der Waals surface area contributed by atoms with Crippen LogP contribution in [0.1, 0.15) is 52.9 Å². The minimum absolute atomic E-state index is 0.00435. The number of hydrogen-bond donors (Lipinski definition) is 0. The quantitative estimate of drug-likeness (QED) is 0.228. The number of hydrogen-bond acceptors (Lipinski definition) is 9. The Labute approximate surface area is 211 Å². The summed E-state index contributed by atoms with van der Waals surface area (Å²) in [7, 11) is 0. The maximum absolute atomic E-state index is 12.3. The molecule has 0 aliphatic heterocycles. The largest absolute Gasteiger partial charge is 0.463 e. The van der Waals surface area contributed by atoms with Crippen LogP contribution in [0.15, 0.2) is 35.0 Å². The molecule has 3 rings (SSSR count). The van der Waals surface area contributed by atoms with Gasteiger partial charge in [0.15, 0.2) is 0 Å².